The first-order chi connectivity index (χ1) is 13.1. The van der Waals surface area contributed by atoms with Crippen LogP contribution in [0.2, 0.25) is 0 Å². The number of benzene rings is 2. The summed E-state index contributed by atoms with van der Waals surface area (Å²) < 4.78 is 5.25. The number of carbonyl (C=O) groups is 2. The number of anilines is 1. The second kappa shape index (κ2) is 11.2. The van der Waals surface area contributed by atoms with Crippen molar-refractivity contribution in [2.45, 2.75) is 52.4 Å². The normalized spacial score (nSPS) is 10.4. The molecule has 2 aromatic carbocycles. The van der Waals surface area contributed by atoms with E-state index in [1.807, 2.05) is 43.3 Å². The van der Waals surface area contributed by atoms with E-state index in [2.05, 4.69) is 24.4 Å². The Hall–Kier alpha value is -2.62. The number of ether oxygens (including phenoxy) is 1. The molecule has 0 heterocycles. The van der Waals surface area contributed by atoms with Crippen LogP contribution in [0, 0.1) is 6.92 Å². The van der Waals surface area contributed by atoms with Crippen molar-refractivity contribution in [2.75, 3.05) is 11.9 Å². The van der Waals surface area contributed by atoms with Gasteiger partial charge in [0.25, 0.3) is 0 Å². The Labute approximate surface area is 161 Å². The van der Waals surface area contributed by atoms with Crippen molar-refractivity contribution < 1.29 is 14.3 Å². The van der Waals surface area contributed by atoms with E-state index in [0.29, 0.717) is 19.4 Å². The molecule has 0 saturated heterocycles. The largest absolute Gasteiger partial charge is 0.466 e. The number of esters is 1. The minimum absolute atomic E-state index is 0.0594. The van der Waals surface area contributed by atoms with Crippen LogP contribution in [0.4, 0.5) is 5.69 Å². The number of amides is 1. The highest BCUT2D eigenvalue weighted by atomic mass is 16.5. The van der Waals surface area contributed by atoms with E-state index in [1.54, 1.807) is 0 Å². The van der Waals surface area contributed by atoms with Crippen LogP contribution in [-0.4, -0.2) is 18.5 Å². The minimum atomic E-state index is -0.235. The zero-order valence-corrected chi connectivity index (χ0v) is 16.3. The van der Waals surface area contributed by atoms with E-state index in [4.69, 9.17) is 4.74 Å². The lowest BCUT2D eigenvalue weighted by molar-refractivity contribution is -0.143. The third kappa shape index (κ3) is 7.26. The molecule has 144 valence electrons. The lowest BCUT2D eigenvalue weighted by atomic mass is 10.1. The number of nitrogens with one attached hydrogen (secondary N) is 1. The van der Waals surface area contributed by atoms with Crippen molar-refractivity contribution in [3.63, 3.8) is 0 Å². The fourth-order valence-electron chi connectivity index (χ4n) is 2.98. The van der Waals surface area contributed by atoms with Crippen LogP contribution in [0.15, 0.2) is 48.5 Å². The Morgan fingerprint density at radius 3 is 2.48 bits per heavy atom. The van der Waals surface area contributed by atoms with Crippen LogP contribution in [0.3, 0.4) is 0 Å². The summed E-state index contributed by atoms with van der Waals surface area (Å²) in [6.45, 7) is 4.48. The Bertz CT molecular complexity index is 741. The highest BCUT2D eigenvalue weighted by molar-refractivity contribution is 5.92. The molecule has 1 N–H and O–H groups in total. The Balaban J connectivity index is 1.62. The van der Waals surface area contributed by atoms with Gasteiger partial charge in [-0.2, -0.15) is 0 Å². The van der Waals surface area contributed by atoms with Gasteiger partial charge in [-0.25, -0.2) is 0 Å². The van der Waals surface area contributed by atoms with Crippen LogP contribution >= 0.6 is 0 Å². The summed E-state index contributed by atoms with van der Waals surface area (Å²) >= 11 is 0. The van der Waals surface area contributed by atoms with Gasteiger partial charge in [-0.1, -0.05) is 55.5 Å². The van der Waals surface area contributed by atoms with Gasteiger partial charge in [0.15, 0.2) is 0 Å². The summed E-state index contributed by atoms with van der Waals surface area (Å²) in [5, 5.41) is 2.98. The minimum Gasteiger partial charge on any atom is -0.466 e. The third-order valence-electron chi connectivity index (χ3n) is 4.50. The number of aryl methyl sites for hydroxylation is 3. The number of rotatable bonds is 10. The van der Waals surface area contributed by atoms with Gasteiger partial charge in [0.05, 0.1) is 6.61 Å². The first kappa shape index (κ1) is 20.7. The van der Waals surface area contributed by atoms with Gasteiger partial charge >= 0.3 is 5.97 Å². The van der Waals surface area contributed by atoms with Crippen molar-refractivity contribution in [3.05, 3.63) is 65.2 Å². The van der Waals surface area contributed by atoms with Crippen molar-refractivity contribution in [1.82, 2.24) is 0 Å². The van der Waals surface area contributed by atoms with Crippen LogP contribution in [0.1, 0.15) is 49.3 Å². The number of hydrogen-bond donors (Lipinski definition) is 1. The molecule has 27 heavy (non-hydrogen) atoms. The molecule has 2 rings (SSSR count). The van der Waals surface area contributed by atoms with E-state index in [-0.39, 0.29) is 18.3 Å². The number of para-hydroxylation sites is 1. The molecule has 1 amide bonds. The molecule has 0 aliphatic heterocycles. The fraction of sp³-hybridized carbons (Fsp3) is 0.391. The molecule has 2 aromatic rings. The Kier molecular flexibility index (Phi) is 8.56. The summed E-state index contributed by atoms with van der Waals surface area (Å²) in [5.74, 6) is -0.295. The molecular formula is C23H29NO3. The van der Waals surface area contributed by atoms with Gasteiger partial charge < -0.3 is 10.1 Å². The second-order valence-electron chi connectivity index (χ2n) is 6.67. The molecule has 0 aliphatic carbocycles. The molecule has 0 spiro atoms. The first-order valence-electron chi connectivity index (χ1n) is 9.68. The molecule has 0 atom stereocenters. The van der Waals surface area contributed by atoms with E-state index >= 15 is 0 Å². The van der Waals surface area contributed by atoms with E-state index in [0.717, 1.165) is 36.1 Å². The lowest BCUT2D eigenvalue weighted by Gasteiger charge is -2.12. The zero-order chi connectivity index (χ0) is 19.5. The predicted octanol–water partition coefficient (Wildman–Crippen LogP) is 4.84. The molecule has 0 fully saturated rings. The third-order valence-corrected chi connectivity index (χ3v) is 4.50. The second-order valence-corrected chi connectivity index (χ2v) is 6.67. The topological polar surface area (TPSA) is 55.4 Å². The Morgan fingerprint density at radius 2 is 1.74 bits per heavy atom. The van der Waals surface area contributed by atoms with Gasteiger partial charge in [-0.05, 0) is 49.3 Å². The quantitative estimate of drug-likeness (QED) is 0.483. The standard InChI is InChI=1S/C23H29NO3/c1-3-20-14-7-10-18(2)23(20)24-21(25)15-8-16-22(26)27-17-9-13-19-11-5-4-6-12-19/h4-7,10-12,14H,3,8-9,13,15-17H2,1-2H3,(H,24,25). The van der Waals surface area contributed by atoms with Gasteiger partial charge in [-0.3, -0.25) is 9.59 Å². The molecule has 0 saturated carbocycles. The van der Waals surface area contributed by atoms with Gasteiger partial charge in [0.1, 0.15) is 0 Å². The summed E-state index contributed by atoms with van der Waals surface area (Å²) in [6.07, 6.45) is 3.66. The van der Waals surface area contributed by atoms with Crippen molar-refractivity contribution in [1.29, 1.82) is 0 Å². The van der Waals surface area contributed by atoms with Crippen molar-refractivity contribution in [3.8, 4) is 0 Å². The maximum atomic E-state index is 12.2. The maximum Gasteiger partial charge on any atom is 0.305 e. The summed E-state index contributed by atoms with van der Waals surface area (Å²) in [6, 6.07) is 16.1. The van der Waals surface area contributed by atoms with Crippen molar-refractivity contribution in [2.24, 2.45) is 0 Å². The highest BCUT2D eigenvalue weighted by Gasteiger charge is 2.10. The molecule has 4 nitrogen and oxygen atoms in total. The molecule has 0 aromatic heterocycles. The average molecular weight is 367 g/mol. The summed E-state index contributed by atoms with van der Waals surface area (Å²) in [4.78, 5) is 24.0. The molecular weight excluding hydrogens is 338 g/mol. The summed E-state index contributed by atoms with van der Waals surface area (Å²) in [5.41, 5.74) is 4.32. The first-order valence-corrected chi connectivity index (χ1v) is 9.68. The van der Waals surface area contributed by atoms with Crippen LogP contribution < -0.4 is 5.32 Å². The van der Waals surface area contributed by atoms with Gasteiger partial charge in [0, 0.05) is 18.5 Å². The smallest absolute Gasteiger partial charge is 0.305 e. The average Bonchev–Trinajstić information content (AvgIpc) is 2.67. The molecule has 4 heteroatoms. The number of hydrogen-bond acceptors (Lipinski definition) is 3. The van der Waals surface area contributed by atoms with E-state index in [9.17, 15) is 9.59 Å². The van der Waals surface area contributed by atoms with Crippen LogP contribution in [0.5, 0.6) is 0 Å². The monoisotopic (exact) mass is 367 g/mol. The maximum absolute atomic E-state index is 12.2. The zero-order valence-electron chi connectivity index (χ0n) is 16.3. The molecule has 0 unspecified atom stereocenters. The SMILES string of the molecule is CCc1cccc(C)c1NC(=O)CCCC(=O)OCCCc1ccccc1. The lowest BCUT2D eigenvalue weighted by Crippen LogP contribution is -2.15. The summed E-state index contributed by atoms with van der Waals surface area (Å²) in [7, 11) is 0. The van der Waals surface area contributed by atoms with Gasteiger partial charge in [-0.15, -0.1) is 0 Å². The molecule has 0 bridgehead atoms. The van der Waals surface area contributed by atoms with Crippen molar-refractivity contribution >= 4 is 17.6 Å². The van der Waals surface area contributed by atoms with Gasteiger partial charge in [0.2, 0.25) is 5.91 Å². The van der Waals surface area contributed by atoms with Crippen LogP contribution in [0.25, 0.3) is 0 Å². The fourth-order valence-corrected chi connectivity index (χ4v) is 2.98. The number of carbonyl (C=O) groups excluding carboxylic acids is 2. The Morgan fingerprint density at radius 1 is 0.963 bits per heavy atom. The highest BCUT2D eigenvalue weighted by Crippen LogP contribution is 2.21. The molecule has 0 radical (unpaired) electrons. The van der Waals surface area contributed by atoms with E-state index in [1.165, 1.54) is 5.56 Å². The van der Waals surface area contributed by atoms with Crippen LogP contribution in [-0.2, 0) is 27.2 Å². The van der Waals surface area contributed by atoms with E-state index < -0.39 is 0 Å². The predicted molar refractivity (Wildman–Crippen MR) is 109 cm³/mol. The molecule has 0 aliphatic rings.